The van der Waals surface area contributed by atoms with E-state index in [9.17, 15) is 4.79 Å². The molecule has 1 rings (SSSR count). The summed E-state index contributed by atoms with van der Waals surface area (Å²) in [6.45, 7) is 0. The highest BCUT2D eigenvalue weighted by Crippen LogP contribution is 2.23. The molecule has 0 aliphatic carbocycles. The second kappa shape index (κ2) is 5.69. The van der Waals surface area contributed by atoms with Crippen molar-refractivity contribution in [2.45, 2.75) is 12.5 Å². The molecule has 1 aromatic carbocycles. The Morgan fingerprint density at radius 3 is 2.88 bits per heavy atom. The fourth-order valence-electron chi connectivity index (χ4n) is 1.15. The second-order valence-electron chi connectivity index (χ2n) is 3.12. The molecule has 16 heavy (non-hydrogen) atoms. The number of carboxylic acids is 1. The second-order valence-corrected chi connectivity index (χ2v) is 4.29. The topological polar surface area (TPSA) is 112 Å². The third kappa shape index (κ3) is 3.37. The summed E-state index contributed by atoms with van der Waals surface area (Å²) < 4.78 is 0.769. The summed E-state index contributed by atoms with van der Waals surface area (Å²) in [5.41, 5.74) is 15.0. The molecule has 7 heteroatoms. The van der Waals surface area contributed by atoms with E-state index in [0.29, 0.717) is 5.69 Å². The van der Waals surface area contributed by atoms with Gasteiger partial charge in [-0.25, -0.2) is 0 Å². The van der Waals surface area contributed by atoms with Gasteiger partial charge in [-0.05, 0) is 46.2 Å². The first-order valence-corrected chi connectivity index (χ1v) is 5.44. The minimum absolute atomic E-state index is 0.252. The van der Waals surface area contributed by atoms with E-state index in [1.807, 2.05) is 22.6 Å². The van der Waals surface area contributed by atoms with E-state index in [0.717, 1.165) is 9.13 Å². The van der Waals surface area contributed by atoms with Gasteiger partial charge in [-0.2, -0.15) is 0 Å². The Labute approximate surface area is 105 Å². The van der Waals surface area contributed by atoms with Crippen LogP contribution in [0.2, 0.25) is 0 Å². The van der Waals surface area contributed by atoms with Crippen LogP contribution in [0.3, 0.4) is 0 Å². The average Bonchev–Trinajstić information content (AvgIpc) is 2.22. The van der Waals surface area contributed by atoms with Crippen LogP contribution in [0.15, 0.2) is 23.3 Å². The minimum atomic E-state index is -1.03. The van der Waals surface area contributed by atoms with E-state index < -0.39 is 12.0 Å². The van der Waals surface area contributed by atoms with Crippen LogP contribution in [0.4, 0.5) is 5.69 Å². The number of aliphatic carboxylic acids is 1. The van der Waals surface area contributed by atoms with Crippen LogP contribution in [-0.2, 0) is 11.2 Å². The summed E-state index contributed by atoms with van der Waals surface area (Å²) >= 11 is 2.02. The van der Waals surface area contributed by atoms with E-state index >= 15 is 0 Å². The first-order valence-electron chi connectivity index (χ1n) is 4.36. The number of rotatable bonds is 4. The van der Waals surface area contributed by atoms with Gasteiger partial charge in [-0.3, -0.25) is 4.79 Å². The molecule has 0 aliphatic rings. The normalized spacial score (nSPS) is 11.6. The molecule has 0 aliphatic heterocycles. The van der Waals surface area contributed by atoms with Gasteiger partial charge in [0.05, 0.1) is 5.69 Å². The van der Waals surface area contributed by atoms with Crippen molar-refractivity contribution in [3.63, 3.8) is 0 Å². The summed E-state index contributed by atoms with van der Waals surface area (Å²) in [5.74, 6) is -1.03. The molecule has 1 atom stereocenters. The molecule has 6 nitrogen and oxygen atoms in total. The number of azide groups is 1. The van der Waals surface area contributed by atoms with Gasteiger partial charge in [-0.1, -0.05) is 17.2 Å². The molecule has 3 N–H and O–H groups in total. The quantitative estimate of drug-likeness (QED) is 0.381. The lowest BCUT2D eigenvalue weighted by molar-refractivity contribution is -0.138. The number of halogens is 1. The molecule has 1 aromatic rings. The molecule has 0 bridgehead atoms. The molecule has 0 spiro atoms. The molecule has 0 heterocycles. The monoisotopic (exact) mass is 332 g/mol. The van der Waals surface area contributed by atoms with Crippen LogP contribution in [-0.4, -0.2) is 17.1 Å². The Morgan fingerprint density at radius 1 is 1.69 bits per heavy atom. The summed E-state index contributed by atoms with van der Waals surface area (Å²) in [5, 5.41) is 12.1. The van der Waals surface area contributed by atoms with Gasteiger partial charge in [-0.15, -0.1) is 0 Å². The van der Waals surface area contributed by atoms with E-state index in [2.05, 4.69) is 10.0 Å². The molecule has 0 aromatic heterocycles. The van der Waals surface area contributed by atoms with Crippen LogP contribution in [0, 0.1) is 3.57 Å². The highest BCUT2D eigenvalue weighted by Gasteiger charge is 2.12. The Balaban J connectivity index is 2.89. The molecule has 0 radical (unpaired) electrons. The Morgan fingerprint density at radius 2 is 2.38 bits per heavy atom. The zero-order valence-electron chi connectivity index (χ0n) is 8.17. The number of carbonyl (C=O) groups is 1. The lowest BCUT2D eigenvalue weighted by Gasteiger charge is -2.07. The van der Waals surface area contributed by atoms with Gasteiger partial charge in [0.1, 0.15) is 6.04 Å². The number of hydrogen-bond donors (Lipinski definition) is 2. The van der Waals surface area contributed by atoms with Crippen molar-refractivity contribution >= 4 is 34.2 Å². The SMILES string of the molecule is [N-]=[N+]=Nc1ccc(CC(N)C(=O)O)cc1I. The van der Waals surface area contributed by atoms with Gasteiger partial charge >= 0.3 is 5.97 Å². The van der Waals surface area contributed by atoms with Crippen LogP contribution >= 0.6 is 22.6 Å². The van der Waals surface area contributed by atoms with E-state index in [1.165, 1.54) is 0 Å². The summed E-state index contributed by atoms with van der Waals surface area (Å²) in [6, 6.07) is 4.19. The first-order chi connectivity index (χ1) is 7.54. The number of carboxylic acid groups (broad SMARTS) is 1. The molecular formula is C9H9IN4O2. The fraction of sp³-hybridized carbons (Fsp3) is 0.222. The summed E-state index contributed by atoms with van der Waals surface area (Å²) in [6.07, 6.45) is 0.252. The van der Waals surface area contributed by atoms with Crippen molar-refractivity contribution in [3.8, 4) is 0 Å². The van der Waals surface area contributed by atoms with Gasteiger partial charge in [0.25, 0.3) is 0 Å². The van der Waals surface area contributed by atoms with Crippen LogP contribution in [0.1, 0.15) is 5.56 Å². The van der Waals surface area contributed by atoms with Crippen molar-refractivity contribution < 1.29 is 9.90 Å². The third-order valence-corrected chi connectivity index (χ3v) is 2.80. The maximum atomic E-state index is 10.6. The third-order valence-electron chi connectivity index (χ3n) is 1.94. The summed E-state index contributed by atoms with van der Waals surface area (Å²) in [7, 11) is 0. The van der Waals surface area contributed by atoms with Crippen LogP contribution in [0.25, 0.3) is 10.4 Å². The van der Waals surface area contributed by atoms with Crippen molar-refractivity contribution in [2.75, 3.05) is 0 Å². The van der Waals surface area contributed by atoms with Crippen molar-refractivity contribution in [3.05, 3.63) is 37.8 Å². The first kappa shape index (κ1) is 12.8. The standard InChI is InChI=1S/C9H9IN4O2/c10-6-3-5(4-7(11)9(15)16)1-2-8(6)13-14-12/h1-3,7H,4,11H2,(H,15,16). The van der Waals surface area contributed by atoms with Crippen LogP contribution < -0.4 is 5.73 Å². The van der Waals surface area contributed by atoms with E-state index in [-0.39, 0.29) is 6.42 Å². The smallest absolute Gasteiger partial charge is 0.320 e. The summed E-state index contributed by atoms with van der Waals surface area (Å²) in [4.78, 5) is 13.3. The highest BCUT2D eigenvalue weighted by atomic mass is 127. The Hall–Kier alpha value is -1.31. The molecule has 1 unspecified atom stereocenters. The molecule has 84 valence electrons. The van der Waals surface area contributed by atoms with Crippen molar-refractivity contribution in [1.82, 2.24) is 0 Å². The molecule has 0 saturated carbocycles. The van der Waals surface area contributed by atoms with E-state index in [4.69, 9.17) is 16.4 Å². The molecular weight excluding hydrogens is 323 g/mol. The van der Waals surface area contributed by atoms with E-state index in [1.54, 1.807) is 18.2 Å². The minimum Gasteiger partial charge on any atom is -0.480 e. The zero-order chi connectivity index (χ0) is 12.1. The lowest BCUT2D eigenvalue weighted by atomic mass is 10.1. The van der Waals surface area contributed by atoms with Gasteiger partial charge < -0.3 is 10.8 Å². The fourth-order valence-corrected chi connectivity index (χ4v) is 1.84. The maximum Gasteiger partial charge on any atom is 0.320 e. The maximum absolute atomic E-state index is 10.6. The average molecular weight is 332 g/mol. The Kier molecular flexibility index (Phi) is 4.53. The largest absolute Gasteiger partial charge is 0.480 e. The van der Waals surface area contributed by atoms with Gasteiger partial charge in [0, 0.05) is 8.48 Å². The number of nitrogens with zero attached hydrogens (tertiary/aromatic N) is 3. The number of benzene rings is 1. The zero-order valence-corrected chi connectivity index (χ0v) is 10.3. The predicted molar refractivity (Wildman–Crippen MR) is 67.3 cm³/mol. The van der Waals surface area contributed by atoms with Gasteiger partial charge in [0.15, 0.2) is 0 Å². The van der Waals surface area contributed by atoms with Crippen molar-refractivity contribution in [2.24, 2.45) is 10.8 Å². The molecule has 0 fully saturated rings. The highest BCUT2D eigenvalue weighted by molar-refractivity contribution is 14.1. The number of hydrogen-bond acceptors (Lipinski definition) is 3. The van der Waals surface area contributed by atoms with Gasteiger partial charge in [0.2, 0.25) is 0 Å². The van der Waals surface area contributed by atoms with Crippen molar-refractivity contribution in [1.29, 1.82) is 0 Å². The lowest BCUT2D eigenvalue weighted by Crippen LogP contribution is -2.32. The Bertz CT molecular complexity index is 457. The molecule has 0 amide bonds. The van der Waals surface area contributed by atoms with Crippen LogP contribution in [0.5, 0.6) is 0 Å². The number of nitrogens with two attached hydrogens (primary N) is 1. The predicted octanol–water partition coefficient (Wildman–Crippen LogP) is 2.19. The molecule has 0 saturated heterocycles.